The number of hydrogen-bond acceptors (Lipinski definition) is 5. The van der Waals surface area contributed by atoms with Gasteiger partial charge in [0.1, 0.15) is 11.8 Å². The van der Waals surface area contributed by atoms with Crippen LogP contribution in [0.3, 0.4) is 0 Å². The van der Waals surface area contributed by atoms with Crippen molar-refractivity contribution >= 4 is 22.1 Å². The van der Waals surface area contributed by atoms with E-state index in [0.717, 1.165) is 59.1 Å². The topological polar surface area (TPSA) is 66.9 Å². The Balaban J connectivity index is 1.47. The van der Waals surface area contributed by atoms with E-state index in [1.54, 1.807) is 12.4 Å². The summed E-state index contributed by atoms with van der Waals surface area (Å²) in [4.78, 5) is 19.2. The van der Waals surface area contributed by atoms with E-state index in [2.05, 4.69) is 45.1 Å². The first-order valence-corrected chi connectivity index (χ1v) is 9.31. The highest BCUT2D eigenvalue weighted by atomic mass is 16.5. The Morgan fingerprint density at radius 3 is 2.89 bits per heavy atom. The average molecular weight is 359 g/mol. The zero-order valence-corrected chi connectivity index (χ0v) is 15.2. The molecule has 1 aliphatic heterocycles. The summed E-state index contributed by atoms with van der Waals surface area (Å²) in [5.41, 5.74) is 4.80. The van der Waals surface area contributed by atoms with Gasteiger partial charge in [0.25, 0.3) is 0 Å². The first kappa shape index (κ1) is 16.2. The number of fused-ring (bicyclic) bond motifs is 2. The van der Waals surface area contributed by atoms with Gasteiger partial charge in [-0.3, -0.25) is 0 Å². The van der Waals surface area contributed by atoms with Gasteiger partial charge < -0.3 is 14.6 Å². The molecule has 4 aromatic rings. The van der Waals surface area contributed by atoms with Crippen LogP contribution in [-0.4, -0.2) is 51.1 Å². The second-order valence-electron chi connectivity index (χ2n) is 7.13. The standard InChI is InChI=1S/C21H21N5O/c1-26-9-6-15(7-10-26)27-20-13-23-18-5-4-14(11-19(18)25-20)17-12-24-21-16(17)3-2-8-22-21/h2-5,8,11-13,15H,6-7,9-10H2,1H3,(H,22,24). The van der Waals surface area contributed by atoms with Crippen LogP contribution in [-0.2, 0) is 0 Å². The molecule has 136 valence electrons. The molecule has 27 heavy (non-hydrogen) atoms. The second-order valence-corrected chi connectivity index (χ2v) is 7.13. The maximum Gasteiger partial charge on any atom is 0.233 e. The summed E-state index contributed by atoms with van der Waals surface area (Å²) in [5, 5.41) is 1.10. The second kappa shape index (κ2) is 6.63. The zero-order chi connectivity index (χ0) is 18.2. The quantitative estimate of drug-likeness (QED) is 0.605. The SMILES string of the molecule is CN1CCC(Oc2cnc3ccc(-c4c[nH]c5ncccc45)cc3n2)CC1. The van der Waals surface area contributed by atoms with Crippen LogP contribution in [0, 0.1) is 0 Å². The normalized spacial score (nSPS) is 16.2. The van der Waals surface area contributed by atoms with E-state index in [4.69, 9.17) is 9.72 Å². The number of benzene rings is 1. The number of aromatic nitrogens is 4. The molecule has 0 amide bonds. The maximum absolute atomic E-state index is 6.10. The van der Waals surface area contributed by atoms with E-state index in [1.165, 1.54) is 0 Å². The molecule has 0 unspecified atom stereocenters. The molecule has 6 heteroatoms. The summed E-state index contributed by atoms with van der Waals surface area (Å²) < 4.78 is 6.10. The van der Waals surface area contributed by atoms with Gasteiger partial charge in [-0.1, -0.05) is 6.07 Å². The van der Waals surface area contributed by atoms with Gasteiger partial charge in [-0.05, 0) is 49.7 Å². The number of nitrogens with zero attached hydrogens (tertiary/aromatic N) is 4. The van der Waals surface area contributed by atoms with Gasteiger partial charge in [0.05, 0.1) is 17.2 Å². The molecule has 4 heterocycles. The number of piperidine rings is 1. The van der Waals surface area contributed by atoms with Crippen LogP contribution in [0.15, 0.2) is 48.9 Å². The van der Waals surface area contributed by atoms with Crippen molar-refractivity contribution in [3.63, 3.8) is 0 Å². The van der Waals surface area contributed by atoms with Crippen molar-refractivity contribution < 1.29 is 4.74 Å². The van der Waals surface area contributed by atoms with E-state index < -0.39 is 0 Å². The van der Waals surface area contributed by atoms with Crippen LogP contribution in [0.25, 0.3) is 33.2 Å². The monoisotopic (exact) mass is 359 g/mol. The number of pyridine rings is 1. The van der Waals surface area contributed by atoms with E-state index >= 15 is 0 Å². The number of rotatable bonds is 3. The fraction of sp³-hybridized carbons (Fsp3) is 0.286. The highest BCUT2D eigenvalue weighted by Crippen LogP contribution is 2.29. The van der Waals surface area contributed by atoms with Crippen molar-refractivity contribution in [2.45, 2.75) is 18.9 Å². The van der Waals surface area contributed by atoms with Crippen LogP contribution in [0.1, 0.15) is 12.8 Å². The molecule has 0 spiro atoms. The highest BCUT2D eigenvalue weighted by Gasteiger charge is 2.19. The Morgan fingerprint density at radius 2 is 2.00 bits per heavy atom. The predicted octanol–water partition coefficient (Wildman–Crippen LogP) is 3.65. The minimum Gasteiger partial charge on any atom is -0.473 e. The molecule has 0 aliphatic carbocycles. The molecular weight excluding hydrogens is 338 g/mol. The molecule has 1 aromatic carbocycles. The van der Waals surface area contributed by atoms with E-state index in [9.17, 15) is 0 Å². The van der Waals surface area contributed by atoms with Gasteiger partial charge in [-0.15, -0.1) is 0 Å². The molecule has 0 saturated carbocycles. The Bertz CT molecular complexity index is 1100. The first-order valence-electron chi connectivity index (χ1n) is 9.31. The lowest BCUT2D eigenvalue weighted by molar-refractivity contribution is 0.110. The fourth-order valence-corrected chi connectivity index (χ4v) is 3.69. The Hall–Kier alpha value is -2.99. The third-order valence-electron chi connectivity index (χ3n) is 5.24. The van der Waals surface area contributed by atoms with E-state index in [1.807, 2.05) is 18.3 Å². The summed E-state index contributed by atoms with van der Waals surface area (Å²) in [7, 11) is 2.15. The fourth-order valence-electron chi connectivity index (χ4n) is 3.69. The van der Waals surface area contributed by atoms with Gasteiger partial charge in [0.15, 0.2) is 0 Å². The largest absolute Gasteiger partial charge is 0.473 e. The molecule has 1 saturated heterocycles. The van der Waals surface area contributed by atoms with Gasteiger partial charge >= 0.3 is 0 Å². The smallest absolute Gasteiger partial charge is 0.233 e. The molecule has 3 aromatic heterocycles. The lowest BCUT2D eigenvalue weighted by Gasteiger charge is -2.28. The van der Waals surface area contributed by atoms with Crippen molar-refractivity contribution in [2.75, 3.05) is 20.1 Å². The molecule has 6 nitrogen and oxygen atoms in total. The lowest BCUT2D eigenvalue weighted by Crippen LogP contribution is -2.35. The van der Waals surface area contributed by atoms with Crippen LogP contribution in [0.4, 0.5) is 0 Å². The number of H-pyrrole nitrogens is 1. The van der Waals surface area contributed by atoms with Crippen LogP contribution < -0.4 is 4.74 Å². The molecule has 1 aliphatic rings. The molecular formula is C21H21N5O. The van der Waals surface area contributed by atoms with Crippen LogP contribution in [0.2, 0.25) is 0 Å². The predicted molar refractivity (Wildman–Crippen MR) is 106 cm³/mol. The van der Waals surface area contributed by atoms with Gasteiger partial charge in [0.2, 0.25) is 5.88 Å². The first-order chi connectivity index (χ1) is 13.3. The van der Waals surface area contributed by atoms with E-state index in [-0.39, 0.29) is 6.10 Å². The Labute approximate surface area is 157 Å². The molecule has 5 rings (SSSR count). The van der Waals surface area contributed by atoms with E-state index in [0.29, 0.717) is 5.88 Å². The summed E-state index contributed by atoms with van der Waals surface area (Å²) in [6, 6.07) is 10.2. The van der Waals surface area contributed by atoms with Crippen LogP contribution >= 0.6 is 0 Å². The van der Waals surface area contributed by atoms with Crippen molar-refractivity contribution in [3.05, 3.63) is 48.9 Å². The maximum atomic E-state index is 6.10. The Morgan fingerprint density at radius 1 is 1.11 bits per heavy atom. The summed E-state index contributed by atoms with van der Waals surface area (Å²) in [6.07, 6.45) is 7.79. The molecule has 1 N–H and O–H groups in total. The minimum absolute atomic E-state index is 0.218. The highest BCUT2D eigenvalue weighted by molar-refractivity contribution is 5.95. The number of nitrogens with one attached hydrogen (secondary N) is 1. The minimum atomic E-state index is 0.218. The number of hydrogen-bond donors (Lipinski definition) is 1. The third-order valence-corrected chi connectivity index (χ3v) is 5.24. The number of likely N-dealkylation sites (tertiary alicyclic amines) is 1. The van der Waals surface area contributed by atoms with Crippen molar-refractivity contribution in [1.82, 2.24) is 24.8 Å². The van der Waals surface area contributed by atoms with Gasteiger partial charge in [-0.2, -0.15) is 0 Å². The lowest BCUT2D eigenvalue weighted by atomic mass is 10.1. The number of ether oxygens (including phenoxy) is 1. The summed E-state index contributed by atoms with van der Waals surface area (Å²) in [6.45, 7) is 2.12. The van der Waals surface area contributed by atoms with Crippen LogP contribution in [0.5, 0.6) is 5.88 Å². The van der Waals surface area contributed by atoms with Crippen molar-refractivity contribution in [3.8, 4) is 17.0 Å². The van der Waals surface area contributed by atoms with Gasteiger partial charge in [-0.25, -0.2) is 15.0 Å². The molecule has 1 fully saturated rings. The summed E-state index contributed by atoms with van der Waals surface area (Å²) in [5.74, 6) is 0.606. The zero-order valence-electron chi connectivity index (χ0n) is 15.2. The molecule has 0 atom stereocenters. The average Bonchev–Trinajstić information content (AvgIpc) is 3.13. The Kier molecular flexibility index (Phi) is 3.98. The number of aromatic amines is 1. The summed E-state index contributed by atoms with van der Waals surface area (Å²) >= 11 is 0. The van der Waals surface area contributed by atoms with Crippen molar-refractivity contribution in [1.29, 1.82) is 0 Å². The molecule has 0 bridgehead atoms. The molecule has 0 radical (unpaired) electrons. The van der Waals surface area contributed by atoms with Gasteiger partial charge in [0, 0.05) is 36.4 Å². The third kappa shape index (κ3) is 3.13. The van der Waals surface area contributed by atoms with Crippen molar-refractivity contribution in [2.24, 2.45) is 0 Å².